The molecule has 0 aromatic heterocycles. The maximum absolute atomic E-state index is 12.6. The van der Waals surface area contributed by atoms with Crippen LogP contribution < -0.4 is 9.47 Å². The second kappa shape index (κ2) is 8.34. The first-order chi connectivity index (χ1) is 13.9. The molecule has 1 saturated carbocycles. The van der Waals surface area contributed by atoms with Gasteiger partial charge in [0.15, 0.2) is 17.3 Å². The summed E-state index contributed by atoms with van der Waals surface area (Å²) in [7, 11) is 0. The highest BCUT2D eigenvalue weighted by molar-refractivity contribution is 5.98. The van der Waals surface area contributed by atoms with Crippen LogP contribution in [0.2, 0.25) is 0 Å². The molecule has 4 rings (SSSR count). The Hall–Kier alpha value is -2.08. The van der Waals surface area contributed by atoms with Crippen molar-refractivity contribution in [3.05, 3.63) is 23.8 Å². The van der Waals surface area contributed by atoms with E-state index in [9.17, 15) is 9.59 Å². The number of carbonyl (C=O) groups is 2. The fraction of sp³-hybridized carbons (Fsp3) is 0.652. The molecule has 1 amide bonds. The number of amides is 1. The summed E-state index contributed by atoms with van der Waals surface area (Å²) in [5.74, 6) is 2.16. The topological polar surface area (TPSA) is 59.1 Å². The third-order valence-electron chi connectivity index (χ3n) is 6.66. The van der Waals surface area contributed by atoms with E-state index in [-0.39, 0.29) is 30.1 Å². The van der Waals surface area contributed by atoms with Gasteiger partial charge in [0.05, 0.1) is 13.2 Å². The number of hydrogen-bond donors (Lipinski definition) is 0. The lowest BCUT2D eigenvalue weighted by Gasteiger charge is -2.44. The number of Topliss-reactive ketones (excluding diaryl/α,β-unsaturated/α-hetero) is 1. The molecule has 0 spiro atoms. The van der Waals surface area contributed by atoms with Gasteiger partial charge in [-0.3, -0.25) is 14.5 Å². The summed E-state index contributed by atoms with van der Waals surface area (Å²) in [5, 5.41) is 0. The van der Waals surface area contributed by atoms with Crippen molar-refractivity contribution in [2.24, 2.45) is 5.92 Å². The van der Waals surface area contributed by atoms with Gasteiger partial charge in [-0.05, 0) is 50.8 Å². The first-order valence-electron chi connectivity index (χ1n) is 10.9. The van der Waals surface area contributed by atoms with E-state index in [2.05, 4.69) is 18.7 Å². The zero-order valence-corrected chi connectivity index (χ0v) is 17.6. The quantitative estimate of drug-likeness (QED) is 0.687. The van der Waals surface area contributed by atoms with Crippen LogP contribution in [0.4, 0.5) is 0 Å². The van der Waals surface area contributed by atoms with Crippen molar-refractivity contribution in [1.29, 1.82) is 0 Å². The van der Waals surface area contributed by atoms with E-state index in [1.54, 1.807) is 18.2 Å². The zero-order valence-electron chi connectivity index (χ0n) is 17.6. The standard InChI is InChI=1S/C23H32N2O4/c1-23(2,18-5-6-18)25-12-10-24(11-13-25)22(27)9-7-19(26)17-4-8-20-21(16-17)29-15-3-14-28-20/h4,8,16,18H,3,5-7,9-15H2,1-2H3. The number of benzene rings is 1. The molecule has 1 aliphatic carbocycles. The van der Waals surface area contributed by atoms with Crippen LogP contribution in [0.15, 0.2) is 18.2 Å². The first-order valence-corrected chi connectivity index (χ1v) is 10.9. The normalized spacial score (nSPS) is 20.3. The van der Waals surface area contributed by atoms with Crippen LogP contribution in [-0.2, 0) is 4.79 Å². The minimum absolute atomic E-state index is 0.0255. The fourth-order valence-electron chi connectivity index (χ4n) is 4.44. The summed E-state index contributed by atoms with van der Waals surface area (Å²) < 4.78 is 11.3. The Bertz CT molecular complexity index is 764. The zero-order chi connectivity index (χ0) is 20.4. The van der Waals surface area contributed by atoms with Gasteiger partial charge in [-0.2, -0.15) is 0 Å². The van der Waals surface area contributed by atoms with E-state index < -0.39 is 0 Å². The Morgan fingerprint density at radius 2 is 1.69 bits per heavy atom. The van der Waals surface area contributed by atoms with Crippen LogP contribution in [0.25, 0.3) is 0 Å². The molecule has 6 heteroatoms. The molecule has 0 radical (unpaired) electrons. The third kappa shape index (κ3) is 4.58. The average molecular weight is 401 g/mol. The second-order valence-corrected chi connectivity index (χ2v) is 8.93. The number of fused-ring (bicyclic) bond motifs is 1. The lowest BCUT2D eigenvalue weighted by Crippen LogP contribution is -2.56. The Morgan fingerprint density at radius 1 is 1.00 bits per heavy atom. The van der Waals surface area contributed by atoms with Crippen molar-refractivity contribution < 1.29 is 19.1 Å². The van der Waals surface area contributed by atoms with E-state index in [4.69, 9.17) is 9.47 Å². The number of hydrogen-bond acceptors (Lipinski definition) is 5. The predicted molar refractivity (Wildman–Crippen MR) is 111 cm³/mol. The van der Waals surface area contributed by atoms with Gasteiger partial charge in [0.1, 0.15) is 0 Å². The molecule has 3 aliphatic rings. The molecule has 2 heterocycles. The number of carbonyl (C=O) groups excluding carboxylic acids is 2. The fourth-order valence-corrected chi connectivity index (χ4v) is 4.44. The molecule has 0 bridgehead atoms. The van der Waals surface area contributed by atoms with Crippen LogP contribution in [0.3, 0.4) is 0 Å². The van der Waals surface area contributed by atoms with Crippen LogP contribution in [0, 0.1) is 5.92 Å². The van der Waals surface area contributed by atoms with E-state index in [0.29, 0.717) is 30.3 Å². The Labute approximate surface area is 173 Å². The summed E-state index contributed by atoms with van der Waals surface area (Å²) in [6.45, 7) is 9.23. The minimum Gasteiger partial charge on any atom is -0.490 e. The van der Waals surface area contributed by atoms with Crippen molar-refractivity contribution in [3.8, 4) is 11.5 Å². The van der Waals surface area contributed by atoms with Gasteiger partial charge in [-0.15, -0.1) is 0 Å². The maximum Gasteiger partial charge on any atom is 0.223 e. The number of ether oxygens (including phenoxy) is 2. The summed E-state index contributed by atoms with van der Waals surface area (Å²) in [4.78, 5) is 29.7. The van der Waals surface area contributed by atoms with Gasteiger partial charge < -0.3 is 14.4 Å². The van der Waals surface area contributed by atoms with Crippen molar-refractivity contribution >= 4 is 11.7 Å². The van der Waals surface area contributed by atoms with Crippen LogP contribution in [0.1, 0.15) is 56.3 Å². The highest BCUT2D eigenvalue weighted by atomic mass is 16.5. The highest BCUT2D eigenvalue weighted by Gasteiger charge is 2.42. The van der Waals surface area contributed by atoms with E-state index in [1.165, 1.54) is 12.8 Å². The SMILES string of the molecule is CC(C)(C1CC1)N1CCN(C(=O)CCC(=O)c2ccc3c(c2)OCCCO3)CC1. The van der Waals surface area contributed by atoms with Crippen molar-refractivity contribution in [1.82, 2.24) is 9.80 Å². The molecule has 1 saturated heterocycles. The molecule has 0 atom stereocenters. The molecule has 158 valence electrons. The molecule has 1 aromatic carbocycles. The highest BCUT2D eigenvalue weighted by Crippen LogP contribution is 2.43. The number of ketones is 1. The Kier molecular flexibility index (Phi) is 5.81. The molecule has 0 unspecified atom stereocenters. The van der Waals surface area contributed by atoms with Gasteiger partial charge in [-0.25, -0.2) is 0 Å². The van der Waals surface area contributed by atoms with Gasteiger partial charge >= 0.3 is 0 Å². The van der Waals surface area contributed by atoms with Crippen molar-refractivity contribution in [3.63, 3.8) is 0 Å². The predicted octanol–water partition coefficient (Wildman–Crippen LogP) is 3.14. The molecule has 2 aliphatic heterocycles. The molecule has 1 aromatic rings. The Morgan fingerprint density at radius 3 is 2.38 bits per heavy atom. The van der Waals surface area contributed by atoms with E-state index in [1.807, 2.05) is 4.90 Å². The number of nitrogens with zero attached hydrogens (tertiary/aromatic N) is 2. The lowest BCUT2D eigenvalue weighted by molar-refractivity contribution is -0.133. The van der Waals surface area contributed by atoms with Gasteiger partial charge in [-0.1, -0.05) is 0 Å². The monoisotopic (exact) mass is 400 g/mol. The van der Waals surface area contributed by atoms with E-state index in [0.717, 1.165) is 38.5 Å². The molecular weight excluding hydrogens is 368 g/mol. The van der Waals surface area contributed by atoms with Gasteiger partial charge in [0.25, 0.3) is 0 Å². The number of rotatable bonds is 6. The molecule has 29 heavy (non-hydrogen) atoms. The molecule has 6 nitrogen and oxygen atoms in total. The largest absolute Gasteiger partial charge is 0.490 e. The molecular formula is C23H32N2O4. The summed E-state index contributed by atoms with van der Waals surface area (Å²) in [6.07, 6.45) is 3.98. The average Bonchev–Trinajstić information content (AvgIpc) is 3.58. The van der Waals surface area contributed by atoms with Gasteiger partial charge in [0, 0.05) is 56.5 Å². The first kappa shape index (κ1) is 20.2. The molecule has 0 N–H and O–H groups in total. The third-order valence-corrected chi connectivity index (χ3v) is 6.66. The molecule has 2 fully saturated rings. The minimum atomic E-state index is -0.0255. The van der Waals surface area contributed by atoms with Crippen LogP contribution in [-0.4, -0.2) is 66.4 Å². The second-order valence-electron chi connectivity index (χ2n) is 8.93. The van der Waals surface area contributed by atoms with E-state index >= 15 is 0 Å². The van der Waals surface area contributed by atoms with Crippen LogP contribution in [0.5, 0.6) is 11.5 Å². The summed E-state index contributed by atoms with van der Waals surface area (Å²) in [6, 6.07) is 5.29. The van der Waals surface area contributed by atoms with Gasteiger partial charge in [0.2, 0.25) is 5.91 Å². The van der Waals surface area contributed by atoms with Crippen molar-refractivity contribution in [2.75, 3.05) is 39.4 Å². The van der Waals surface area contributed by atoms with Crippen LogP contribution >= 0.6 is 0 Å². The Balaban J connectivity index is 1.26. The van der Waals surface area contributed by atoms with Crippen molar-refractivity contribution in [2.45, 2.75) is 51.5 Å². The number of piperazine rings is 1. The lowest BCUT2D eigenvalue weighted by atomic mass is 9.95. The summed E-state index contributed by atoms with van der Waals surface area (Å²) >= 11 is 0. The smallest absolute Gasteiger partial charge is 0.223 e. The maximum atomic E-state index is 12.6. The summed E-state index contributed by atoms with van der Waals surface area (Å²) in [5.41, 5.74) is 0.820.